The molecule has 29 heavy (non-hydrogen) atoms. The van der Waals surface area contributed by atoms with E-state index in [-0.39, 0.29) is 0 Å². The molecule has 4 nitrogen and oxygen atoms in total. The molecule has 0 fully saturated rings. The molecule has 0 amide bonds. The van der Waals surface area contributed by atoms with Gasteiger partial charge in [-0.15, -0.1) is 0 Å². The molecule has 0 heterocycles. The van der Waals surface area contributed by atoms with Crippen LogP contribution in [0, 0.1) is 0 Å². The highest BCUT2D eigenvalue weighted by Crippen LogP contribution is 2.13. The van der Waals surface area contributed by atoms with Crippen molar-refractivity contribution in [2.45, 2.75) is 128 Å². The van der Waals surface area contributed by atoms with Gasteiger partial charge in [-0.2, -0.15) is 0 Å². The lowest BCUT2D eigenvalue weighted by Crippen LogP contribution is -2.11. The Balaban J connectivity index is 3.32. The Bertz CT molecular complexity index is 381. The van der Waals surface area contributed by atoms with E-state index in [0.29, 0.717) is 11.5 Å². The van der Waals surface area contributed by atoms with Crippen LogP contribution in [0.3, 0.4) is 0 Å². The number of sulfone groups is 1. The van der Waals surface area contributed by atoms with Gasteiger partial charge < -0.3 is 11.5 Å². The third-order valence-corrected chi connectivity index (χ3v) is 7.64. The Morgan fingerprint density at radius 2 is 0.552 bits per heavy atom. The van der Waals surface area contributed by atoms with Gasteiger partial charge in [0.15, 0.2) is 0 Å². The molecule has 0 aromatic rings. The minimum absolute atomic E-state index is 0.398. The molecule has 4 N–H and O–H groups in total. The molecule has 0 aliphatic rings. The molecule has 176 valence electrons. The number of hydrogen-bond donors (Lipinski definition) is 2. The van der Waals surface area contributed by atoms with E-state index in [1.165, 1.54) is 89.9 Å². The monoisotopic (exact) mass is 432 g/mol. The Kier molecular flexibility index (Phi) is 22.5. The van der Waals surface area contributed by atoms with Crippen LogP contribution in [-0.2, 0) is 9.84 Å². The van der Waals surface area contributed by atoms with Gasteiger partial charge in [-0.05, 0) is 38.8 Å². The Morgan fingerprint density at radius 3 is 0.793 bits per heavy atom. The Morgan fingerprint density at radius 1 is 0.345 bits per heavy atom. The van der Waals surface area contributed by atoms with Crippen LogP contribution in [0.15, 0.2) is 0 Å². The third-order valence-electron chi connectivity index (χ3n) is 5.82. The normalized spacial score (nSPS) is 11.9. The number of hydrogen-bond acceptors (Lipinski definition) is 4. The molecule has 0 atom stereocenters. The minimum Gasteiger partial charge on any atom is -0.330 e. The molecule has 0 spiro atoms. The molecule has 0 radical (unpaired) electrons. The highest BCUT2D eigenvalue weighted by Gasteiger charge is 2.09. The quantitative estimate of drug-likeness (QED) is 0.180. The summed E-state index contributed by atoms with van der Waals surface area (Å²) in [4.78, 5) is 0. The van der Waals surface area contributed by atoms with Gasteiger partial charge >= 0.3 is 0 Å². The zero-order chi connectivity index (χ0) is 21.5. The lowest BCUT2D eigenvalue weighted by molar-refractivity contribution is 0.549. The molecule has 0 aromatic carbocycles. The molecule has 5 heteroatoms. The lowest BCUT2D eigenvalue weighted by Gasteiger charge is -2.05. The molecule has 0 aliphatic carbocycles. The maximum Gasteiger partial charge on any atom is 0.150 e. The molecular weight excluding hydrogens is 380 g/mol. The Labute approximate surface area is 182 Å². The average Bonchev–Trinajstić information content (AvgIpc) is 2.70. The molecular formula is C24H52N2O2S. The lowest BCUT2D eigenvalue weighted by atomic mass is 10.1. The van der Waals surface area contributed by atoms with Gasteiger partial charge in [0, 0.05) is 0 Å². The highest BCUT2D eigenvalue weighted by molar-refractivity contribution is 7.91. The summed E-state index contributed by atoms with van der Waals surface area (Å²) in [7, 11) is -2.82. The van der Waals surface area contributed by atoms with Crippen LogP contribution in [0.1, 0.15) is 128 Å². The van der Waals surface area contributed by atoms with Crippen LogP contribution >= 0.6 is 0 Å². The molecule has 0 unspecified atom stereocenters. The number of nitrogens with two attached hydrogens (primary N) is 2. The van der Waals surface area contributed by atoms with Gasteiger partial charge in [-0.3, -0.25) is 0 Å². The van der Waals surface area contributed by atoms with Crippen molar-refractivity contribution in [2.24, 2.45) is 11.5 Å². The molecule has 0 aromatic heterocycles. The summed E-state index contributed by atoms with van der Waals surface area (Å²) in [6.45, 7) is 1.64. The van der Waals surface area contributed by atoms with Crippen LogP contribution in [0.5, 0.6) is 0 Å². The van der Waals surface area contributed by atoms with Gasteiger partial charge in [0.1, 0.15) is 9.84 Å². The Hall–Kier alpha value is -0.130. The smallest absolute Gasteiger partial charge is 0.150 e. The summed E-state index contributed by atoms with van der Waals surface area (Å²) in [5, 5.41) is 0. The van der Waals surface area contributed by atoms with Gasteiger partial charge in [0.05, 0.1) is 11.5 Å². The second kappa shape index (κ2) is 22.6. The van der Waals surface area contributed by atoms with E-state index in [0.717, 1.165) is 51.6 Å². The summed E-state index contributed by atoms with van der Waals surface area (Å²) in [5.41, 5.74) is 11.0. The van der Waals surface area contributed by atoms with Gasteiger partial charge in [-0.25, -0.2) is 8.42 Å². The predicted molar refractivity (Wildman–Crippen MR) is 129 cm³/mol. The first-order valence-electron chi connectivity index (χ1n) is 12.7. The summed E-state index contributed by atoms with van der Waals surface area (Å²) >= 11 is 0. The summed E-state index contributed by atoms with van der Waals surface area (Å²) in [6.07, 6.45) is 24.1. The minimum atomic E-state index is -2.82. The second-order valence-electron chi connectivity index (χ2n) is 8.80. The van der Waals surface area contributed by atoms with E-state index in [1.807, 2.05) is 0 Å². The van der Waals surface area contributed by atoms with Crippen molar-refractivity contribution in [3.63, 3.8) is 0 Å². The van der Waals surface area contributed by atoms with Crippen molar-refractivity contribution < 1.29 is 8.42 Å². The largest absolute Gasteiger partial charge is 0.330 e. The zero-order valence-electron chi connectivity index (χ0n) is 19.4. The van der Waals surface area contributed by atoms with E-state index in [2.05, 4.69) is 0 Å². The van der Waals surface area contributed by atoms with Crippen molar-refractivity contribution in [2.75, 3.05) is 24.6 Å². The first-order chi connectivity index (χ1) is 14.1. The molecule has 0 saturated carbocycles. The first kappa shape index (κ1) is 28.9. The van der Waals surface area contributed by atoms with Crippen molar-refractivity contribution >= 4 is 9.84 Å². The molecule has 0 bridgehead atoms. The van der Waals surface area contributed by atoms with Crippen molar-refractivity contribution in [1.82, 2.24) is 0 Å². The highest BCUT2D eigenvalue weighted by atomic mass is 32.2. The maximum atomic E-state index is 12.1. The summed E-state index contributed by atoms with van der Waals surface area (Å²) in [5.74, 6) is 0.795. The van der Waals surface area contributed by atoms with Gasteiger partial charge in [-0.1, -0.05) is 103 Å². The second-order valence-corrected chi connectivity index (χ2v) is 11.1. The standard InChI is InChI=1S/C24H52N2O2S/c25-21-17-13-9-5-1-3-7-11-15-19-23-29(27,28)24-20-16-12-8-4-2-6-10-14-18-22-26/h1-26H2. The number of rotatable bonds is 24. The van der Waals surface area contributed by atoms with E-state index in [4.69, 9.17) is 11.5 Å². The van der Waals surface area contributed by atoms with Crippen molar-refractivity contribution in [3.05, 3.63) is 0 Å². The fraction of sp³-hybridized carbons (Fsp3) is 1.00. The van der Waals surface area contributed by atoms with E-state index in [9.17, 15) is 8.42 Å². The topological polar surface area (TPSA) is 86.2 Å². The van der Waals surface area contributed by atoms with Crippen molar-refractivity contribution in [3.8, 4) is 0 Å². The van der Waals surface area contributed by atoms with Crippen LogP contribution < -0.4 is 11.5 Å². The van der Waals surface area contributed by atoms with Crippen LogP contribution in [0.2, 0.25) is 0 Å². The van der Waals surface area contributed by atoms with Crippen LogP contribution in [-0.4, -0.2) is 33.0 Å². The van der Waals surface area contributed by atoms with Crippen molar-refractivity contribution in [1.29, 1.82) is 0 Å². The third kappa shape index (κ3) is 24.0. The van der Waals surface area contributed by atoms with E-state index < -0.39 is 9.84 Å². The average molecular weight is 433 g/mol. The fourth-order valence-corrected chi connectivity index (χ4v) is 5.36. The summed E-state index contributed by atoms with van der Waals surface area (Å²) in [6, 6.07) is 0. The van der Waals surface area contributed by atoms with Gasteiger partial charge in [0.2, 0.25) is 0 Å². The molecule has 0 saturated heterocycles. The zero-order valence-corrected chi connectivity index (χ0v) is 20.2. The van der Waals surface area contributed by atoms with Crippen LogP contribution in [0.4, 0.5) is 0 Å². The van der Waals surface area contributed by atoms with E-state index in [1.54, 1.807) is 0 Å². The van der Waals surface area contributed by atoms with E-state index >= 15 is 0 Å². The SMILES string of the molecule is NCCCCCCCCCCCCS(=O)(=O)CCCCCCCCCCCCN. The number of unbranched alkanes of at least 4 members (excludes halogenated alkanes) is 18. The predicted octanol–water partition coefficient (Wildman–Crippen LogP) is 6.12. The van der Waals surface area contributed by atoms with Gasteiger partial charge in [0.25, 0.3) is 0 Å². The fourth-order valence-electron chi connectivity index (χ4n) is 3.86. The first-order valence-corrected chi connectivity index (χ1v) is 14.5. The van der Waals surface area contributed by atoms with Crippen LogP contribution in [0.25, 0.3) is 0 Å². The molecule has 0 rings (SSSR count). The maximum absolute atomic E-state index is 12.1. The summed E-state index contributed by atoms with van der Waals surface area (Å²) < 4.78 is 24.3. The molecule has 0 aliphatic heterocycles.